The van der Waals surface area contributed by atoms with Crippen LogP contribution in [-0.2, 0) is 0 Å². The van der Waals surface area contributed by atoms with Crippen LogP contribution in [0.4, 0.5) is 4.79 Å². The van der Waals surface area contributed by atoms with Crippen LogP contribution >= 0.6 is 12.6 Å². The molecular weight excluding hydrogens is 184 g/mol. The second kappa shape index (κ2) is 4.74. The van der Waals surface area contributed by atoms with Crippen LogP contribution in [0.1, 0.15) is 26.2 Å². The zero-order valence-electron chi connectivity index (χ0n) is 8.29. The van der Waals surface area contributed by atoms with E-state index in [1.54, 1.807) is 4.90 Å². The van der Waals surface area contributed by atoms with E-state index in [0.717, 1.165) is 12.2 Å². The summed E-state index contributed by atoms with van der Waals surface area (Å²) in [5.74, 6) is 0.740. The maximum atomic E-state index is 11.3. The lowest BCUT2D eigenvalue weighted by molar-refractivity contribution is 0.218. The van der Waals surface area contributed by atoms with E-state index in [-0.39, 0.29) is 12.1 Å². The van der Waals surface area contributed by atoms with Gasteiger partial charge in [0.15, 0.2) is 0 Å². The topological polar surface area (TPSA) is 32.3 Å². The Bertz CT molecular complexity index is 186. The van der Waals surface area contributed by atoms with E-state index in [0.29, 0.717) is 6.04 Å². The zero-order chi connectivity index (χ0) is 9.84. The van der Waals surface area contributed by atoms with Crippen molar-refractivity contribution >= 4 is 18.7 Å². The fraction of sp³-hybridized carbons (Fsp3) is 0.889. The van der Waals surface area contributed by atoms with Crippen LogP contribution in [0.5, 0.6) is 0 Å². The van der Waals surface area contributed by atoms with Crippen molar-refractivity contribution in [3.8, 4) is 0 Å². The first kappa shape index (κ1) is 10.7. The predicted octanol–water partition coefficient (Wildman–Crippen LogP) is 1.50. The molecule has 1 fully saturated rings. The molecule has 0 bridgehead atoms. The summed E-state index contributed by atoms with van der Waals surface area (Å²) in [5.41, 5.74) is 0. The number of likely N-dealkylation sites (N-methyl/N-ethyl adjacent to an activating group) is 1. The maximum absolute atomic E-state index is 11.3. The molecular formula is C9H18N2OS. The molecule has 2 amide bonds. The molecule has 13 heavy (non-hydrogen) atoms. The maximum Gasteiger partial charge on any atom is 0.317 e. The van der Waals surface area contributed by atoms with E-state index in [4.69, 9.17) is 0 Å². The minimum Gasteiger partial charge on any atom is -0.333 e. The third-order valence-electron chi connectivity index (χ3n) is 2.65. The van der Waals surface area contributed by atoms with Gasteiger partial charge in [-0.2, -0.15) is 12.6 Å². The van der Waals surface area contributed by atoms with Crippen molar-refractivity contribution in [1.82, 2.24) is 10.2 Å². The van der Waals surface area contributed by atoms with E-state index in [1.807, 2.05) is 7.05 Å². The van der Waals surface area contributed by atoms with Gasteiger partial charge in [0.25, 0.3) is 0 Å². The highest BCUT2D eigenvalue weighted by Gasteiger charge is 2.34. The van der Waals surface area contributed by atoms with Crippen LogP contribution in [0, 0.1) is 0 Å². The number of carbonyl (C=O) groups is 1. The standard InChI is InChI=1S/C9H18N2OS/c1-3-4-5-7-8(6-13)11(2)9(12)10-7/h7-8,13H,3-6H2,1-2H3,(H,10,12)/t7-,8+/m1/s1. The highest BCUT2D eigenvalue weighted by molar-refractivity contribution is 7.80. The van der Waals surface area contributed by atoms with Crippen molar-refractivity contribution in [3.05, 3.63) is 0 Å². The van der Waals surface area contributed by atoms with Gasteiger partial charge in [0.05, 0.1) is 12.1 Å². The number of unbranched alkanes of at least 4 members (excludes halogenated alkanes) is 1. The van der Waals surface area contributed by atoms with Gasteiger partial charge in [-0.3, -0.25) is 0 Å². The first-order valence-corrected chi connectivity index (χ1v) is 5.48. The molecule has 1 aliphatic rings. The van der Waals surface area contributed by atoms with E-state index in [2.05, 4.69) is 24.9 Å². The Morgan fingerprint density at radius 3 is 2.85 bits per heavy atom. The summed E-state index contributed by atoms with van der Waals surface area (Å²) in [6.07, 6.45) is 3.41. The molecule has 0 aliphatic carbocycles. The number of rotatable bonds is 4. The second-order valence-electron chi connectivity index (χ2n) is 3.56. The largest absolute Gasteiger partial charge is 0.333 e. The molecule has 0 saturated carbocycles. The first-order valence-electron chi connectivity index (χ1n) is 4.84. The highest BCUT2D eigenvalue weighted by Crippen LogP contribution is 2.17. The summed E-state index contributed by atoms with van der Waals surface area (Å²) in [5, 5.41) is 2.98. The van der Waals surface area contributed by atoms with Crippen molar-refractivity contribution in [1.29, 1.82) is 0 Å². The van der Waals surface area contributed by atoms with Gasteiger partial charge in [0.1, 0.15) is 0 Å². The number of hydrogen-bond acceptors (Lipinski definition) is 2. The van der Waals surface area contributed by atoms with Crippen LogP contribution in [0.2, 0.25) is 0 Å². The van der Waals surface area contributed by atoms with Crippen molar-refractivity contribution in [2.24, 2.45) is 0 Å². The van der Waals surface area contributed by atoms with E-state index in [9.17, 15) is 4.79 Å². The minimum atomic E-state index is 0.0418. The fourth-order valence-corrected chi connectivity index (χ4v) is 2.21. The van der Waals surface area contributed by atoms with Gasteiger partial charge < -0.3 is 10.2 Å². The van der Waals surface area contributed by atoms with E-state index in [1.165, 1.54) is 12.8 Å². The van der Waals surface area contributed by atoms with E-state index < -0.39 is 0 Å². The molecule has 0 aromatic heterocycles. The van der Waals surface area contributed by atoms with Gasteiger partial charge in [0.2, 0.25) is 0 Å². The lowest BCUT2D eigenvalue weighted by atomic mass is 10.0. The molecule has 0 aromatic carbocycles. The Balaban J connectivity index is 2.49. The van der Waals surface area contributed by atoms with Gasteiger partial charge in [-0.1, -0.05) is 19.8 Å². The molecule has 1 aliphatic heterocycles. The van der Waals surface area contributed by atoms with Gasteiger partial charge in [-0.05, 0) is 6.42 Å². The summed E-state index contributed by atoms with van der Waals surface area (Å²) in [4.78, 5) is 13.1. The quantitative estimate of drug-likeness (QED) is 0.665. The van der Waals surface area contributed by atoms with E-state index >= 15 is 0 Å². The predicted molar refractivity (Wildman–Crippen MR) is 57.2 cm³/mol. The second-order valence-corrected chi connectivity index (χ2v) is 3.92. The van der Waals surface area contributed by atoms with Crippen molar-refractivity contribution in [2.45, 2.75) is 38.3 Å². The molecule has 76 valence electrons. The molecule has 2 atom stereocenters. The summed E-state index contributed by atoms with van der Waals surface area (Å²) < 4.78 is 0. The first-order chi connectivity index (χ1) is 6.20. The van der Waals surface area contributed by atoms with Crippen LogP contribution in [0.3, 0.4) is 0 Å². The molecule has 0 spiro atoms. The van der Waals surface area contributed by atoms with Gasteiger partial charge in [-0.15, -0.1) is 0 Å². The fourth-order valence-electron chi connectivity index (χ4n) is 1.72. The monoisotopic (exact) mass is 202 g/mol. The van der Waals surface area contributed by atoms with Crippen molar-refractivity contribution in [2.75, 3.05) is 12.8 Å². The van der Waals surface area contributed by atoms with Crippen molar-refractivity contribution in [3.63, 3.8) is 0 Å². The number of carbonyl (C=O) groups excluding carboxylic acids is 1. The molecule has 0 unspecified atom stereocenters. The van der Waals surface area contributed by atoms with Gasteiger partial charge in [-0.25, -0.2) is 4.79 Å². The molecule has 0 aromatic rings. The average molecular weight is 202 g/mol. The third-order valence-corrected chi connectivity index (χ3v) is 3.02. The summed E-state index contributed by atoms with van der Waals surface area (Å²) in [6.45, 7) is 2.16. The Hall–Kier alpha value is -0.380. The summed E-state index contributed by atoms with van der Waals surface area (Å²) >= 11 is 4.26. The number of amides is 2. The molecule has 1 rings (SSSR count). The number of urea groups is 1. The Morgan fingerprint density at radius 2 is 2.31 bits per heavy atom. The molecule has 3 nitrogen and oxygen atoms in total. The van der Waals surface area contributed by atoms with Gasteiger partial charge >= 0.3 is 6.03 Å². The number of nitrogens with zero attached hydrogens (tertiary/aromatic N) is 1. The van der Waals surface area contributed by atoms with Gasteiger partial charge in [0, 0.05) is 12.8 Å². The van der Waals surface area contributed by atoms with Crippen LogP contribution in [0.15, 0.2) is 0 Å². The lowest BCUT2D eigenvalue weighted by Gasteiger charge is -2.20. The van der Waals surface area contributed by atoms with Crippen LogP contribution in [0.25, 0.3) is 0 Å². The smallest absolute Gasteiger partial charge is 0.317 e. The number of thiol groups is 1. The summed E-state index contributed by atoms with van der Waals surface area (Å²) in [7, 11) is 1.84. The minimum absolute atomic E-state index is 0.0418. The molecule has 0 radical (unpaired) electrons. The SMILES string of the molecule is CCCC[C@H]1NC(=O)N(C)[C@H]1CS. The van der Waals surface area contributed by atoms with Crippen LogP contribution < -0.4 is 5.32 Å². The highest BCUT2D eigenvalue weighted by atomic mass is 32.1. The molecule has 1 saturated heterocycles. The Kier molecular flexibility index (Phi) is 3.90. The lowest BCUT2D eigenvalue weighted by Crippen LogP contribution is -2.36. The van der Waals surface area contributed by atoms with Crippen molar-refractivity contribution < 1.29 is 4.79 Å². The Labute approximate surface area is 85.3 Å². The third kappa shape index (κ3) is 2.30. The molecule has 1 N–H and O–H groups in total. The summed E-state index contributed by atoms with van der Waals surface area (Å²) in [6, 6.07) is 0.609. The zero-order valence-corrected chi connectivity index (χ0v) is 9.18. The average Bonchev–Trinajstić information content (AvgIpc) is 2.39. The van der Waals surface area contributed by atoms with Crippen LogP contribution in [-0.4, -0.2) is 35.8 Å². The number of nitrogens with one attached hydrogen (secondary N) is 1. The molecule has 1 heterocycles. The molecule has 4 heteroatoms. The Morgan fingerprint density at radius 1 is 1.62 bits per heavy atom. The number of hydrogen-bond donors (Lipinski definition) is 2. The normalized spacial score (nSPS) is 27.9.